The van der Waals surface area contributed by atoms with Crippen molar-refractivity contribution in [2.24, 2.45) is 0 Å². The number of halogens is 5. The number of anilines is 1. The van der Waals surface area contributed by atoms with Crippen molar-refractivity contribution in [3.05, 3.63) is 122 Å². The smallest absolute Gasteiger partial charge is 0.662 e. The van der Waals surface area contributed by atoms with E-state index in [0.29, 0.717) is 35.8 Å². The van der Waals surface area contributed by atoms with E-state index in [-0.39, 0.29) is 45.8 Å². The standard InChI is InChI=1S/C21H20BrClN2O.C17H17BrN2O.C7H8O3S.C4H6BrClO.CH2O3.Na/c1-12(2)13-8-17-16-5-4-15(26-3)10-18(16)21-24-11-14(6-7-23)25(21)20(17)19(22)9-13;1-9(2)10-6-13-12-5-4-11(21-3)8-14(12)17(19)20-16(13)15(18)7-10;1-6-2-4-7(5-3-6)11(8,9)10;5-4(3-7)1-2-6;2-1-4-3;/h4-5,8-12H,6-7H2,1-3H3;4-9H,1-3H3,(H2,19,20);2-5H,1H3,(H,8,9,10);3-4H,1-2H2;1,3H;/q;;;;;+1/p-1. The monoisotopic (exact) mass is 1210 g/mol. The summed E-state index contributed by atoms with van der Waals surface area (Å²) in [6, 6.07) is 27.0. The van der Waals surface area contributed by atoms with Crippen LogP contribution < -0.4 is 50.0 Å². The molecule has 3 aromatic heterocycles. The molecule has 13 nitrogen and oxygen atoms in total. The van der Waals surface area contributed by atoms with Gasteiger partial charge in [0.15, 0.2) is 0 Å². The molecule has 3 heterocycles. The molecule has 0 aliphatic carbocycles. The number of benzene rings is 5. The van der Waals surface area contributed by atoms with Crippen molar-refractivity contribution in [3.63, 3.8) is 0 Å². The van der Waals surface area contributed by atoms with Gasteiger partial charge in [-0.25, -0.2) is 9.97 Å². The molecule has 1 atom stereocenters. The van der Waals surface area contributed by atoms with Crippen molar-refractivity contribution >= 4 is 149 Å². The first kappa shape index (κ1) is 60.7. The molecule has 20 heteroatoms. The van der Waals surface area contributed by atoms with Crippen LogP contribution in [0.5, 0.6) is 11.5 Å². The van der Waals surface area contributed by atoms with E-state index in [1.807, 2.05) is 37.4 Å². The predicted octanol–water partition coefficient (Wildman–Crippen LogP) is 9.44. The molecule has 0 amide bonds. The SMILES string of the molecule is COc1ccc2c(c1)c(N)nc1c(Br)cc(C(C)C)cc12.COc1ccc2c(c1)c1ncc(CCCl)n1c1c(Br)cc(C(C)C)cc21.Cc1ccc(S(=O)(=O)O)cc1.O=CC(Br)CCCl.O=CO[O-].[Na+]. The first-order chi connectivity index (χ1) is 32.8. The van der Waals surface area contributed by atoms with Gasteiger partial charge in [-0.05, 0) is 152 Å². The number of imidazole rings is 1. The number of hydrogen-bond acceptors (Lipinski definition) is 11. The van der Waals surface area contributed by atoms with Gasteiger partial charge in [0.1, 0.15) is 29.3 Å². The van der Waals surface area contributed by atoms with E-state index in [2.05, 4.69) is 126 Å². The quantitative estimate of drug-likeness (QED) is 0.0237. The first-order valence-electron chi connectivity index (χ1n) is 21.2. The number of aryl methyl sites for hydroxylation is 2. The van der Waals surface area contributed by atoms with Gasteiger partial charge in [-0.3, -0.25) is 13.7 Å². The molecule has 368 valence electrons. The van der Waals surface area contributed by atoms with Crippen LogP contribution in [0.15, 0.2) is 105 Å². The average Bonchev–Trinajstić information content (AvgIpc) is 3.75. The van der Waals surface area contributed by atoms with Gasteiger partial charge >= 0.3 is 29.6 Å². The molecule has 5 aromatic carbocycles. The normalized spacial score (nSPS) is 11.3. The summed E-state index contributed by atoms with van der Waals surface area (Å²) in [4.78, 5) is 30.2. The third-order valence-corrected chi connectivity index (χ3v) is 13.7. The third-order valence-electron chi connectivity index (χ3n) is 10.6. The maximum Gasteiger partial charge on any atom is 1.00 e. The Kier molecular flexibility index (Phi) is 24.8. The molecule has 0 aliphatic rings. The molecular formula is C50H52Br3Cl2N4NaO9S. The van der Waals surface area contributed by atoms with Crippen molar-refractivity contribution in [3.8, 4) is 11.5 Å². The number of nitrogens with two attached hydrogens (primary N) is 1. The van der Waals surface area contributed by atoms with Crippen molar-refractivity contribution in [2.75, 3.05) is 31.7 Å². The number of pyridine rings is 2. The molecule has 0 saturated carbocycles. The van der Waals surface area contributed by atoms with E-state index in [0.717, 1.165) is 82.6 Å². The Bertz CT molecular complexity index is 3170. The van der Waals surface area contributed by atoms with Crippen LogP contribution >= 0.6 is 71.0 Å². The summed E-state index contributed by atoms with van der Waals surface area (Å²) in [6.07, 6.45) is 4.25. The molecule has 0 fully saturated rings. The molecule has 0 spiro atoms. The summed E-state index contributed by atoms with van der Waals surface area (Å²) in [7, 11) is -0.676. The summed E-state index contributed by atoms with van der Waals surface area (Å²) < 4.78 is 44.6. The number of nitrogen functional groups attached to an aromatic ring is 1. The van der Waals surface area contributed by atoms with Gasteiger partial charge in [-0.2, -0.15) is 8.42 Å². The first-order valence-corrected chi connectivity index (χ1v) is 26.2. The zero-order valence-electron chi connectivity index (χ0n) is 39.8. The Morgan fingerprint density at radius 2 is 1.31 bits per heavy atom. The summed E-state index contributed by atoms with van der Waals surface area (Å²) in [6.45, 7) is 10.5. The molecule has 0 bridgehead atoms. The molecule has 70 heavy (non-hydrogen) atoms. The molecule has 8 rings (SSSR count). The molecule has 0 aliphatic heterocycles. The fourth-order valence-electron chi connectivity index (χ4n) is 6.99. The molecule has 3 N–H and O–H groups in total. The Hall–Kier alpha value is -3.59. The van der Waals surface area contributed by atoms with E-state index in [4.69, 9.17) is 58.0 Å². The van der Waals surface area contributed by atoms with E-state index in [1.165, 1.54) is 34.0 Å². The van der Waals surface area contributed by atoms with E-state index < -0.39 is 10.1 Å². The van der Waals surface area contributed by atoms with Gasteiger partial charge in [0, 0.05) is 60.6 Å². The molecule has 8 aromatic rings. The van der Waals surface area contributed by atoms with Crippen LogP contribution in [0.4, 0.5) is 5.82 Å². The maximum absolute atomic E-state index is 10.5. The number of nitrogens with zero attached hydrogens (tertiary/aromatic N) is 3. The minimum atomic E-state index is -4.02. The zero-order valence-corrected chi connectivity index (χ0v) is 48.9. The number of aldehydes is 1. The fraction of sp³-hybridized carbons (Fsp3) is 0.280. The van der Waals surface area contributed by atoms with Gasteiger partial charge in [-0.1, -0.05) is 61.3 Å². The second kappa shape index (κ2) is 28.6. The van der Waals surface area contributed by atoms with Gasteiger partial charge in [-0.15, -0.1) is 23.2 Å². The number of methoxy groups -OCH3 is 2. The average molecular weight is 1220 g/mol. The summed E-state index contributed by atoms with van der Waals surface area (Å²) in [5, 5.41) is 15.0. The Labute approximate surface area is 465 Å². The van der Waals surface area contributed by atoms with Gasteiger partial charge in [0.25, 0.3) is 16.6 Å². The number of aromatic nitrogens is 3. The van der Waals surface area contributed by atoms with Crippen molar-refractivity contribution in [1.29, 1.82) is 0 Å². The van der Waals surface area contributed by atoms with Crippen LogP contribution in [0, 0.1) is 6.92 Å². The van der Waals surface area contributed by atoms with E-state index in [9.17, 15) is 13.2 Å². The second-order valence-electron chi connectivity index (χ2n) is 15.9. The summed E-state index contributed by atoms with van der Waals surface area (Å²) in [5.74, 6) is 4.15. The Balaban J connectivity index is 0.000000262. The number of alkyl halides is 3. The van der Waals surface area contributed by atoms with Crippen molar-refractivity contribution < 1.29 is 71.7 Å². The van der Waals surface area contributed by atoms with Crippen molar-refractivity contribution in [2.45, 2.75) is 69.0 Å². The number of rotatable bonds is 11. The van der Waals surface area contributed by atoms with Gasteiger partial charge in [0.05, 0.1) is 35.0 Å². The molecule has 0 saturated heterocycles. The van der Waals surface area contributed by atoms with Crippen LogP contribution in [-0.2, 0) is 31.0 Å². The summed E-state index contributed by atoms with van der Waals surface area (Å²) in [5.41, 5.74) is 13.7. The number of carbonyl (C=O) groups excluding carboxylic acids is 2. The second-order valence-corrected chi connectivity index (χ2v) is 20.9. The van der Waals surface area contributed by atoms with Crippen LogP contribution in [0.2, 0.25) is 0 Å². The molecule has 1 unspecified atom stereocenters. The van der Waals surface area contributed by atoms with Crippen LogP contribution in [0.25, 0.3) is 49.0 Å². The van der Waals surface area contributed by atoms with Crippen molar-refractivity contribution in [1.82, 2.24) is 14.4 Å². The molecular weight excluding hydrogens is 1170 g/mol. The van der Waals surface area contributed by atoms with Crippen LogP contribution in [0.1, 0.15) is 68.3 Å². The summed E-state index contributed by atoms with van der Waals surface area (Å²) >= 11 is 21.9. The molecule has 0 radical (unpaired) electrons. The Morgan fingerprint density at radius 3 is 1.79 bits per heavy atom. The zero-order chi connectivity index (χ0) is 51.2. The Morgan fingerprint density at radius 1 is 0.786 bits per heavy atom. The topological polar surface area (TPSA) is 195 Å². The number of fused-ring (bicyclic) bond motifs is 9. The van der Waals surface area contributed by atoms with E-state index in [1.54, 1.807) is 26.4 Å². The minimum absolute atomic E-state index is 0. The largest absolute Gasteiger partial charge is 1.00 e. The number of ether oxygens (including phenoxy) is 2. The minimum Gasteiger partial charge on any atom is -0.662 e. The number of carbonyl (C=O) groups is 2. The predicted molar refractivity (Wildman–Crippen MR) is 287 cm³/mol. The fourth-order valence-corrected chi connectivity index (χ4v) is 9.61. The van der Waals surface area contributed by atoms with E-state index >= 15 is 0 Å². The van der Waals surface area contributed by atoms with Gasteiger partial charge < -0.3 is 30.1 Å². The number of hydrogen-bond donors (Lipinski definition) is 2. The van der Waals surface area contributed by atoms with Crippen LogP contribution in [-0.4, -0.2) is 70.9 Å². The maximum atomic E-state index is 10.5. The van der Waals surface area contributed by atoms with Crippen LogP contribution in [0.3, 0.4) is 0 Å². The third kappa shape index (κ3) is 15.7. The van der Waals surface area contributed by atoms with Gasteiger partial charge in [0.2, 0.25) is 0 Å².